The molecule has 0 radical (unpaired) electrons. The number of hydrogen-bond donors (Lipinski definition) is 2. The van der Waals surface area contributed by atoms with Gasteiger partial charge in [-0.1, -0.05) is 6.92 Å². The molecule has 1 aromatic rings. The van der Waals surface area contributed by atoms with Crippen molar-refractivity contribution in [3.63, 3.8) is 0 Å². The second-order valence-electron chi connectivity index (χ2n) is 3.65. The molecule has 1 unspecified atom stereocenters. The van der Waals surface area contributed by atoms with Gasteiger partial charge in [-0.05, 0) is 31.0 Å². The Morgan fingerprint density at radius 3 is 3.07 bits per heavy atom. The molecule has 0 spiro atoms. The fourth-order valence-electron chi connectivity index (χ4n) is 1.77. The van der Waals surface area contributed by atoms with Gasteiger partial charge in [-0.25, -0.2) is 4.39 Å². The van der Waals surface area contributed by atoms with Gasteiger partial charge in [0.15, 0.2) is 0 Å². The minimum Gasteiger partial charge on any atom is -0.383 e. The van der Waals surface area contributed by atoms with Gasteiger partial charge in [-0.2, -0.15) is 0 Å². The fraction of sp³-hybridized carbons (Fsp3) is 0.455. The summed E-state index contributed by atoms with van der Waals surface area (Å²) in [5.74, 6) is -0.185. The monoisotopic (exact) mass is 194 g/mol. The molecule has 0 saturated heterocycles. The first kappa shape index (κ1) is 9.31. The predicted octanol–water partition coefficient (Wildman–Crippen LogP) is 2.83. The van der Waals surface area contributed by atoms with Crippen molar-refractivity contribution < 1.29 is 4.39 Å². The van der Waals surface area contributed by atoms with E-state index in [9.17, 15) is 4.39 Å². The maximum atomic E-state index is 13.0. The predicted molar refractivity (Wildman–Crippen MR) is 57.2 cm³/mol. The van der Waals surface area contributed by atoms with Crippen LogP contribution in [0.3, 0.4) is 0 Å². The zero-order chi connectivity index (χ0) is 9.97. The first-order chi connectivity index (χ1) is 6.79. The van der Waals surface area contributed by atoms with Gasteiger partial charge in [0.2, 0.25) is 0 Å². The molecule has 2 rings (SSSR count). The average molecular weight is 194 g/mol. The normalized spacial score (nSPS) is 20.3. The van der Waals surface area contributed by atoms with Gasteiger partial charge < -0.3 is 10.6 Å². The van der Waals surface area contributed by atoms with E-state index in [1.54, 1.807) is 12.1 Å². The van der Waals surface area contributed by atoms with E-state index in [0.29, 0.717) is 6.04 Å². The second kappa shape index (κ2) is 3.86. The lowest BCUT2D eigenvalue weighted by Crippen LogP contribution is -2.18. The van der Waals surface area contributed by atoms with E-state index < -0.39 is 0 Å². The van der Waals surface area contributed by atoms with E-state index in [-0.39, 0.29) is 5.82 Å². The third kappa shape index (κ3) is 1.81. The summed E-state index contributed by atoms with van der Waals surface area (Å²) < 4.78 is 13.0. The molecule has 1 heterocycles. The van der Waals surface area contributed by atoms with Crippen molar-refractivity contribution in [2.45, 2.75) is 25.8 Å². The van der Waals surface area contributed by atoms with Crippen LogP contribution in [0.15, 0.2) is 18.2 Å². The lowest BCUT2D eigenvalue weighted by Gasteiger charge is -2.14. The summed E-state index contributed by atoms with van der Waals surface area (Å²) in [6, 6.07) is 5.27. The van der Waals surface area contributed by atoms with E-state index in [1.807, 2.05) is 0 Å². The average Bonchev–Trinajstić information content (AvgIpc) is 2.38. The Bertz CT molecular complexity index is 325. The summed E-state index contributed by atoms with van der Waals surface area (Å²) >= 11 is 0. The first-order valence-electron chi connectivity index (χ1n) is 5.09. The number of anilines is 2. The molecule has 0 aliphatic carbocycles. The summed E-state index contributed by atoms with van der Waals surface area (Å²) in [5.41, 5.74) is 1.89. The van der Waals surface area contributed by atoms with Crippen LogP contribution >= 0.6 is 0 Å². The molecule has 1 aromatic carbocycles. The highest BCUT2D eigenvalue weighted by molar-refractivity contribution is 5.69. The number of nitrogens with one attached hydrogen (secondary N) is 2. The molecule has 14 heavy (non-hydrogen) atoms. The van der Waals surface area contributed by atoms with Crippen molar-refractivity contribution in [2.75, 3.05) is 17.2 Å². The summed E-state index contributed by atoms with van der Waals surface area (Å²) in [5, 5.41) is 6.63. The molecular weight excluding hydrogens is 179 g/mol. The van der Waals surface area contributed by atoms with Gasteiger partial charge in [0.05, 0.1) is 11.4 Å². The van der Waals surface area contributed by atoms with E-state index in [2.05, 4.69) is 17.6 Å². The largest absolute Gasteiger partial charge is 0.383 e. The number of hydrogen-bond acceptors (Lipinski definition) is 2. The Morgan fingerprint density at radius 2 is 2.29 bits per heavy atom. The van der Waals surface area contributed by atoms with Crippen LogP contribution in [0.4, 0.5) is 15.8 Å². The van der Waals surface area contributed by atoms with E-state index in [1.165, 1.54) is 6.07 Å². The Hall–Kier alpha value is -1.25. The van der Waals surface area contributed by atoms with Gasteiger partial charge in [-0.3, -0.25) is 0 Å². The van der Waals surface area contributed by atoms with Crippen LogP contribution in [-0.2, 0) is 0 Å². The first-order valence-corrected chi connectivity index (χ1v) is 5.09. The number of benzene rings is 1. The number of rotatable bonds is 1. The van der Waals surface area contributed by atoms with Crippen molar-refractivity contribution in [1.29, 1.82) is 0 Å². The van der Waals surface area contributed by atoms with E-state index >= 15 is 0 Å². The summed E-state index contributed by atoms with van der Waals surface area (Å²) in [6.07, 6.45) is 2.14. The van der Waals surface area contributed by atoms with Gasteiger partial charge in [0, 0.05) is 12.6 Å². The van der Waals surface area contributed by atoms with Crippen molar-refractivity contribution in [3.8, 4) is 0 Å². The maximum absolute atomic E-state index is 13.0. The van der Waals surface area contributed by atoms with Gasteiger partial charge in [0.1, 0.15) is 5.82 Å². The minimum absolute atomic E-state index is 0.185. The van der Waals surface area contributed by atoms with Crippen molar-refractivity contribution in [1.82, 2.24) is 0 Å². The molecule has 0 saturated carbocycles. The maximum Gasteiger partial charge on any atom is 0.125 e. The molecule has 1 atom stereocenters. The fourth-order valence-corrected chi connectivity index (χ4v) is 1.77. The SMILES string of the molecule is CCC1CCNc2ccc(F)cc2N1. The molecule has 0 amide bonds. The van der Waals surface area contributed by atoms with Crippen LogP contribution in [0.5, 0.6) is 0 Å². The van der Waals surface area contributed by atoms with Gasteiger partial charge in [0.25, 0.3) is 0 Å². The Balaban J connectivity index is 2.28. The van der Waals surface area contributed by atoms with Crippen LogP contribution < -0.4 is 10.6 Å². The Kier molecular flexibility index (Phi) is 2.57. The highest BCUT2D eigenvalue weighted by Gasteiger charge is 2.13. The molecule has 2 nitrogen and oxygen atoms in total. The van der Waals surface area contributed by atoms with Crippen LogP contribution in [0.2, 0.25) is 0 Å². The Labute approximate surface area is 83.5 Å². The summed E-state index contributed by atoms with van der Waals surface area (Å²) in [4.78, 5) is 0. The smallest absolute Gasteiger partial charge is 0.125 e. The lowest BCUT2D eigenvalue weighted by molar-refractivity contribution is 0.627. The van der Waals surface area contributed by atoms with Crippen LogP contribution in [0, 0.1) is 5.82 Å². The van der Waals surface area contributed by atoms with E-state index in [0.717, 1.165) is 30.8 Å². The van der Waals surface area contributed by atoms with E-state index in [4.69, 9.17) is 0 Å². The lowest BCUT2D eigenvalue weighted by atomic mass is 10.1. The molecule has 76 valence electrons. The molecule has 3 heteroatoms. The van der Waals surface area contributed by atoms with Gasteiger partial charge >= 0.3 is 0 Å². The third-order valence-corrected chi connectivity index (χ3v) is 2.64. The van der Waals surface area contributed by atoms with Crippen LogP contribution in [-0.4, -0.2) is 12.6 Å². The zero-order valence-corrected chi connectivity index (χ0v) is 8.31. The molecular formula is C11H15FN2. The molecule has 0 bridgehead atoms. The van der Waals surface area contributed by atoms with Crippen LogP contribution in [0.1, 0.15) is 19.8 Å². The van der Waals surface area contributed by atoms with Crippen LogP contribution in [0.25, 0.3) is 0 Å². The number of halogens is 1. The second-order valence-corrected chi connectivity index (χ2v) is 3.65. The summed E-state index contributed by atoms with van der Waals surface area (Å²) in [7, 11) is 0. The molecule has 1 aliphatic rings. The topological polar surface area (TPSA) is 24.1 Å². The Morgan fingerprint density at radius 1 is 1.43 bits per heavy atom. The van der Waals surface area contributed by atoms with Crippen molar-refractivity contribution in [3.05, 3.63) is 24.0 Å². The zero-order valence-electron chi connectivity index (χ0n) is 8.31. The minimum atomic E-state index is -0.185. The highest BCUT2D eigenvalue weighted by Crippen LogP contribution is 2.26. The molecule has 1 aliphatic heterocycles. The molecule has 0 fully saturated rings. The quantitative estimate of drug-likeness (QED) is 0.718. The number of fused-ring (bicyclic) bond motifs is 1. The molecule has 2 N–H and O–H groups in total. The molecule has 0 aromatic heterocycles. The standard InChI is InChI=1S/C11H15FN2/c1-2-9-5-6-13-10-4-3-8(12)7-11(10)14-9/h3-4,7,9,13-14H,2,5-6H2,1H3. The van der Waals surface area contributed by atoms with Gasteiger partial charge in [-0.15, -0.1) is 0 Å². The van der Waals surface area contributed by atoms with Crippen molar-refractivity contribution >= 4 is 11.4 Å². The summed E-state index contributed by atoms with van der Waals surface area (Å²) in [6.45, 7) is 3.09. The highest BCUT2D eigenvalue weighted by atomic mass is 19.1. The third-order valence-electron chi connectivity index (χ3n) is 2.64. The van der Waals surface area contributed by atoms with Crippen molar-refractivity contribution in [2.24, 2.45) is 0 Å².